The van der Waals surface area contributed by atoms with Gasteiger partial charge in [0.15, 0.2) is 0 Å². The Balaban J connectivity index is 1.46. The van der Waals surface area contributed by atoms with Crippen molar-refractivity contribution in [1.82, 2.24) is 19.5 Å². The molecule has 0 aliphatic heterocycles. The molecule has 34 heavy (non-hydrogen) atoms. The molecule has 0 saturated carbocycles. The molecule has 0 aliphatic rings. The van der Waals surface area contributed by atoms with Crippen LogP contribution in [0.5, 0.6) is 0 Å². The molecule has 0 unspecified atom stereocenters. The average Bonchev–Trinajstić information content (AvgIpc) is 3.31. The first-order valence-electron chi connectivity index (χ1n) is 10.3. The highest BCUT2D eigenvalue weighted by Gasteiger charge is 2.11. The van der Waals surface area contributed by atoms with Gasteiger partial charge in [-0.3, -0.25) is 4.57 Å². The molecule has 11 heteroatoms. The predicted octanol–water partition coefficient (Wildman–Crippen LogP) is 5.07. The highest BCUT2D eigenvalue weighted by Crippen LogP contribution is 2.26. The van der Waals surface area contributed by atoms with Crippen molar-refractivity contribution in [2.75, 3.05) is 22.5 Å². The van der Waals surface area contributed by atoms with Gasteiger partial charge in [-0.1, -0.05) is 23.2 Å². The Morgan fingerprint density at radius 2 is 1.74 bits per heavy atom. The number of aliphatic hydroxyl groups is 1. The number of rotatable bonds is 7. The summed E-state index contributed by atoms with van der Waals surface area (Å²) in [6.45, 7) is 2.02. The van der Waals surface area contributed by atoms with Gasteiger partial charge in [0.25, 0.3) is 0 Å². The number of aromatic nitrogens is 4. The van der Waals surface area contributed by atoms with E-state index in [4.69, 9.17) is 23.2 Å². The van der Waals surface area contributed by atoms with Crippen LogP contribution in [0.4, 0.5) is 22.1 Å². The van der Waals surface area contributed by atoms with Gasteiger partial charge in [0.05, 0.1) is 16.1 Å². The third-order valence-electron chi connectivity index (χ3n) is 4.66. The van der Waals surface area contributed by atoms with Gasteiger partial charge in [0, 0.05) is 42.1 Å². The molecule has 0 spiro atoms. The highest BCUT2D eigenvalue weighted by molar-refractivity contribution is 6.42. The summed E-state index contributed by atoms with van der Waals surface area (Å²) in [5.41, 5.74) is 1.96. The molecule has 0 fully saturated rings. The summed E-state index contributed by atoms with van der Waals surface area (Å²) in [6.07, 6.45) is 4.59. The summed E-state index contributed by atoms with van der Waals surface area (Å²) in [5.74, 6) is 1.70. The summed E-state index contributed by atoms with van der Waals surface area (Å²) >= 11 is 11.9. The third-order valence-corrected chi connectivity index (χ3v) is 5.40. The molecule has 174 valence electrons. The van der Waals surface area contributed by atoms with E-state index in [1.54, 1.807) is 61.9 Å². The van der Waals surface area contributed by atoms with Crippen LogP contribution in [0, 0.1) is 0 Å². The minimum atomic E-state index is -0.519. The number of benzene rings is 2. The molecule has 4 aromatic rings. The fourth-order valence-corrected chi connectivity index (χ4v) is 3.38. The van der Waals surface area contributed by atoms with Crippen LogP contribution in [-0.4, -0.2) is 43.3 Å². The molecule has 0 aliphatic carbocycles. The van der Waals surface area contributed by atoms with E-state index in [9.17, 15) is 9.90 Å². The highest BCUT2D eigenvalue weighted by atomic mass is 35.5. The minimum Gasteiger partial charge on any atom is -0.392 e. The summed E-state index contributed by atoms with van der Waals surface area (Å²) in [6, 6.07) is 13.5. The van der Waals surface area contributed by atoms with E-state index in [0.29, 0.717) is 45.6 Å². The first kappa shape index (κ1) is 23.5. The maximum atomic E-state index is 12.3. The molecule has 2 heterocycles. The van der Waals surface area contributed by atoms with E-state index in [2.05, 4.69) is 30.9 Å². The standard InChI is InChI=1S/C23H21Cl2N7O2/c1-14(33)13-28-22-27-9-8-20(31-22)32-11-10-26-21(32)15-2-4-16(5-3-15)29-23(34)30-17-6-7-18(24)19(25)12-17/h2-12,14,33H,13H2,1H3,(H,27,28,31)(H2,29,30,34)/t14-/m0/s1. The van der Waals surface area contributed by atoms with Gasteiger partial charge in [-0.05, 0) is 55.5 Å². The lowest BCUT2D eigenvalue weighted by Gasteiger charge is -2.11. The Hall–Kier alpha value is -3.66. The quantitative estimate of drug-likeness (QED) is 0.283. The Morgan fingerprint density at radius 3 is 2.47 bits per heavy atom. The number of amides is 2. The summed E-state index contributed by atoms with van der Waals surface area (Å²) in [5, 5.41) is 18.7. The van der Waals surface area contributed by atoms with E-state index < -0.39 is 12.1 Å². The van der Waals surface area contributed by atoms with Crippen LogP contribution in [0.15, 0.2) is 67.1 Å². The predicted molar refractivity (Wildman–Crippen MR) is 134 cm³/mol. The first-order chi connectivity index (χ1) is 16.4. The van der Waals surface area contributed by atoms with Gasteiger partial charge in [-0.2, -0.15) is 4.98 Å². The van der Waals surface area contributed by atoms with Crippen molar-refractivity contribution in [2.24, 2.45) is 0 Å². The van der Waals surface area contributed by atoms with Crippen LogP contribution in [0.3, 0.4) is 0 Å². The monoisotopic (exact) mass is 497 g/mol. The van der Waals surface area contributed by atoms with Crippen LogP contribution in [0.2, 0.25) is 10.0 Å². The molecule has 4 rings (SSSR count). The van der Waals surface area contributed by atoms with E-state index >= 15 is 0 Å². The summed E-state index contributed by atoms with van der Waals surface area (Å²) < 4.78 is 1.83. The summed E-state index contributed by atoms with van der Waals surface area (Å²) in [7, 11) is 0. The maximum absolute atomic E-state index is 12.3. The molecule has 1 atom stereocenters. The van der Waals surface area contributed by atoms with E-state index in [1.165, 1.54) is 0 Å². The lowest BCUT2D eigenvalue weighted by Crippen LogP contribution is -2.19. The number of hydrogen-bond donors (Lipinski definition) is 4. The molecule has 0 bridgehead atoms. The molecule has 2 aromatic carbocycles. The number of aliphatic hydroxyl groups excluding tert-OH is 1. The van der Waals surface area contributed by atoms with Crippen LogP contribution in [0.1, 0.15) is 6.92 Å². The zero-order valence-corrected chi connectivity index (χ0v) is 19.5. The van der Waals surface area contributed by atoms with Crippen molar-refractivity contribution >= 4 is 46.6 Å². The number of halogens is 2. The largest absolute Gasteiger partial charge is 0.392 e. The van der Waals surface area contributed by atoms with Crippen molar-refractivity contribution in [3.05, 3.63) is 77.2 Å². The Bertz CT molecular complexity index is 1290. The van der Waals surface area contributed by atoms with Crippen LogP contribution in [0.25, 0.3) is 17.2 Å². The number of hydrogen-bond acceptors (Lipinski definition) is 6. The van der Waals surface area contributed by atoms with E-state index in [0.717, 1.165) is 5.56 Å². The summed E-state index contributed by atoms with van der Waals surface area (Å²) in [4.78, 5) is 25.4. The maximum Gasteiger partial charge on any atom is 0.323 e. The number of nitrogens with zero attached hydrogens (tertiary/aromatic N) is 4. The van der Waals surface area contributed by atoms with E-state index in [-0.39, 0.29) is 0 Å². The molecular formula is C23H21Cl2N7O2. The van der Waals surface area contributed by atoms with Gasteiger partial charge < -0.3 is 21.1 Å². The van der Waals surface area contributed by atoms with Gasteiger partial charge >= 0.3 is 6.03 Å². The average molecular weight is 498 g/mol. The Kier molecular flexibility index (Phi) is 7.27. The fraction of sp³-hybridized carbons (Fsp3) is 0.130. The van der Waals surface area contributed by atoms with Gasteiger partial charge in [0.1, 0.15) is 11.6 Å². The van der Waals surface area contributed by atoms with Crippen molar-refractivity contribution in [2.45, 2.75) is 13.0 Å². The number of anilines is 3. The normalized spacial score (nSPS) is 11.6. The van der Waals surface area contributed by atoms with Crippen molar-refractivity contribution in [3.63, 3.8) is 0 Å². The zero-order chi connectivity index (χ0) is 24.1. The molecule has 4 N–H and O–H groups in total. The van der Waals surface area contributed by atoms with Crippen LogP contribution >= 0.6 is 23.2 Å². The third kappa shape index (κ3) is 5.82. The minimum absolute atomic E-state index is 0.341. The fourth-order valence-electron chi connectivity index (χ4n) is 3.08. The molecule has 0 radical (unpaired) electrons. The second-order valence-electron chi connectivity index (χ2n) is 7.37. The molecule has 2 aromatic heterocycles. The topological polar surface area (TPSA) is 117 Å². The number of carbonyl (C=O) groups is 1. The Morgan fingerprint density at radius 1 is 1.00 bits per heavy atom. The number of imidazole rings is 1. The Labute approximate surface area is 205 Å². The number of carbonyl (C=O) groups excluding carboxylic acids is 1. The SMILES string of the molecule is C[C@H](O)CNc1nccc(-n2ccnc2-c2ccc(NC(=O)Nc3ccc(Cl)c(Cl)c3)cc2)n1. The first-order valence-corrected chi connectivity index (χ1v) is 11.1. The molecule has 2 amide bonds. The van der Waals surface area contributed by atoms with Crippen molar-refractivity contribution in [3.8, 4) is 17.2 Å². The molecule has 0 saturated heterocycles. The lowest BCUT2D eigenvalue weighted by atomic mass is 10.2. The number of nitrogens with one attached hydrogen (secondary N) is 3. The molecule has 9 nitrogen and oxygen atoms in total. The second-order valence-corrected chi connectivity index (χ2v) is 8.19. The van der Waals surface area contributed by atoms with Crippen LogP contribution < -0.4 is 16.0 Å². The van der Waals surface area contributed by atoms with E-state index in [1.807, 2.05) is 16.7 Å². The zero-order valence-electron chi connectivity index (χ0n) is 18.0. The van der Waals surface area contributed by atoms with Crippen LogP contribution in [-0.2, 0) is 0 Å². The second kappa shape index (κ2) is 10.5. The molecular weight excluding hydrogens is 477 g/mol. The smallest absolute Gasteiger partial charge is 0.323 e. The van der Waals surface area contributed by atoms with Crippen molar-refractivity contribution < 1.29 is 9.90 Å². The van der Waals surface area contributed by atoms with Gasteiger partial charge in [-0.25, -0.2) is 14.8 Å². The van der Waals surface area contributed by atoms with Crippen molar-refractivity contribution in [1.29, 1.82) is 0 Å². The number of urea groups is 1. The lowest BCUT2D eigenvalue weighted by molar-refractivity contribution is 0.208. The van der Waals surface area contributed by atoms with Gasteiger partial charge in [0.2, 0.25) is 5.95 Å². The van der Waals surface area contributed by atoms with Gasteiger partial charge in [-0.15, -0.1) is 0 Å².